The Morgan fingerprint density at radius 3 is 1.72 bits per heavy atom. The van der Waals surface area contributed by atoms with Crippen LogP contribution in [0.3, 0.4) is 0 Å². The van der Waals surface area contributed by atoms with E-state index in [0.29, 0.717) is 0 Å². The summed E-state index contributed by atoms with van der Waals surface area (Å²) in [6.07, 6.45) is 0. The molecule has 53 heavy (non-hydrogen) atoms. The summed E-state index contributed by atoms with van der Waals surface area (Å²) in [5.74, 6) is 0. The second-order valence-electron chi connectivity index (χ2n) is 14.6. The van der Waals surface area contributed by atoms with Gasteiger partial charge in [-0.1, -0.05) is 153 Å². The summed E-state index contributed by atoms with van der Waals surface area (Å²) in [5, 5.41) is 2.50. The van der Waals surface area contributed by atoms with Crippen LogP contribution >= 0.6 is 0 Å². The summed E-state index contributed by atoms with van der Waals surface area (Å²) in [4.78, 5) is 2.43. The number of fused-ring (bicyclic) bond motifs is 6. The molecule has 1 aliphatic rings. The van der Waals surface area contributed by atoms with E-state index in [0.717, 1.165) is 22.7 Å². The van der Waals surface area contributed by atoms with Crippen LogP contribution in [0.4, 0.5) is 17.1 Å². The lowest BCUT2D eigenvalue weighted by molar-refractivity contribution is 0.660. The minimum absolute atomic E-state index is 0.109. The number of rotatable bonds is 6. The molecule has 0 radical (unpaired) electrons. The van der Waals surface area contributed by atoms with Gasteiger partial charge in [0.05, 0.1) is 11.0 Å². The summed E-state index contributed by atoms with van der Waals surface area (Å²) < 4.78 is 2.43. The largest absolute Gasteiger partial charge is 0.310 e. The van der Waals surface area contributed by atoms with E-state index in [1.165, 1.54) is 66.3 Å². The van der Waals surface area contributed by atoms with Gasteiger partial charge in [0.2, 0.25) is 0 Å². The Morgan fingerprint density at radius 2 is 0.962 bits per heavy atom. The van der Waals surface area contributed by atoms with Crippen LogP contribution in [0.2, 0.25) is 0 Å². The number of anilines is 3. The van der Waals surface area contributed by atoms with Crippen molar-refractivity contribution in [2.75, 3.05) is 4.90 Å². The maximum Gasteiger partial charge on any atom is 0.0562 e. The number of nitrogens with zero attached hydrogens (tertiary/aromatic N) is 2. The Bertz CT molecular complexity index is 2780. The fourth-order valence-electron chi connectivity index (χ4n) is 8.62. The minimum Gasteiger partial charge on any atom is -0.310 e. The Hall–Kier alpha value is -6.64. The molecule has 1 heterocycles. The number of aromatic nitrogens is 1. The van der Waals surface area contributed by atoms with Gasteiger partial charge in [-0.2, -0.15) is 0 Å². The fraction of sp³-hybridized carbons (Fsp3) is 0.0588. The monoisotopic (exact) mass is 678 g/mol. The molecule has 1 aliphatic carbocycles. The maximum absolute atomic E-state index is 2.43. The van der Waals surface area contributed by atoms with Crippen LogP contribution in [0.1, 0.15) is 25.0 Å². The summed E-state index contributed by atoms with van der Waals surface area (Å²) in [7, 11) is 0. The molecule has 2 nitrogen and oxygen atoms in total. The van der Waals surface area contributed by atoms with E-state index >= 15 is 0 Å². The summed E-state index contributed by atoms with van der Waals surface area (Å²) in [6.45, 7) is 4.71. The van der Waals surface area contributed by atoms with E-state index < -0.39 is 0 Å². The first-order valence-corrected chi connectivity index (χ1v) is 18.4. The van der Waals surface area contributed by atoms with Crippen molar-refractivity contribution in [3.05, 3.63) is 205 Å². The molecule has 0 saturated carbocycles. The molecule has 0 bridgehead atoms. The zero-order valence-corrected chi connectivity index (χ0v) is 29.9. The molecule has 0 fully saturated rings. The van der Waals surface area contributed by atoms with Crippen molar-refractivity contribution in [2.24, 2.45) is 0 Å². The van der Waals surface area contributed by atoms with E-state index in [-0.39, 0.29) is 5.41 Å². The number of hydrogen-bond acceptors (Lipinski definition) is 1. The molecule has 8 aromatic carbocycles. The van der Waals surface area contributed by atoms with Gasteiger partial charge in [-0.05, 0) is 99.1 Å². The standard InChI is InChI=1S/C51H38N2/c1-51(2)46-23-13-12-21-43(46)44-31-29-40(33-47(44)51)52(39-27-25-36(26-28-39)35-15-6-3-7-16-35)41-30-32-45-49(34-41)53(38-19-10-5-11-20-38)48-24-14-22-42(50(45)48)37-17-8-4-9-18-37/h3-34H,1-2H3. The molecular formula is C51H38N2. The van der Waals surface area contributed by atoms with Crippen LogP contribution in [0, 0.1) is 0 Å². The molecule has 10 rings (SSSR count). The summed E-state index contributed by atoms with van der Waals surface area (Å²) in [6, 6.07) is 70.8. The predicted octanol–water partition coefficient (Wildman–Crippen LogP) is 13.9. The van der Waals surface area contributed by atoms with Gasteiger partial charge in [0.1, 0.15) is 0 Å². The van der Waals surface area contributed by atoms with E-state index in [4.69, 9.17) is 0 Å². The van der Waals surface area contributed by atoms with Crippen molar-refractivity contribution in [1.82, 2.24) is 4.57 Å². The third-order valence-corrected chi connectivity index (χ3v) is 11.2. The van der Waals surface area contributed by atoms with Gasteiger partial charge >= 0.3 is 0 Å². The first-order valence-electron chi connectivity index (χ1n) is 18.4. The lowest BCUT2D eigenvalue weighted by atomic mass is 9.82. The molecule has 9 aromatic rings. The third-order valence-electron chi connectivity index (χ3n) is 11.2. The van der Waals surface area contributed by atoms with Gasteiger partial charge in [-0.3, -0.25) is 0 Å². The highest BCUT2D eigenvalue weighted by Gasteiger charge is 2.35. The minimum atomic E-state index is -0.109. The first-order chi connectivity index (χ1) is 26.1. The first kappa shape index (κ1) is 31.1. The Morgan fingerprint density at radius 1 is 0.396 bits per heavy atom. The predicted molar refractivity (Wildman–Crippen MR) is 224 cm³/mol. The van der Waals surface area contributed by atoms with Gasteiger partial charge in [0.15, 0.2) is 0 Å². The number of hydrogen-bond donors (Lipinski definition) is 0. The number of benzene rings is 8. The zero-order valence-electron chi connectivity index (χ0n) is 29.9. The molecule has 0 atom stereocenters. The SMILES string of the molecule is CC1(C)c2ccccc2-c2ccc(N(c3ccc(-c4ccccc4)cc3)c3ccc4c5c(-c6ccccc6)cccc5n(-c5ccccc5)c4c3)cc21. The maximum atomic E-state index is 2.43. The fourth-order valence-corrected chi connectivity index (χ4v) is 8.62. The summed E-state index contributed by atoms with van der Waals surface area (Å²) >= 11 is 0. The molecule has 2 heteroatoms. The van der Waals surface area contributed by atoms with Crippen LogP contribution in [-0.4, -0.2) is 4.57 Å². The molecule has 0 aliphatic heterocycles. The van der Waals surface area contributed by atoms with Gasteiger partial charge in [-0.25, -0.2) is 0 Å². The van der Waals surface area contributed by atoms with Crippen LogP contribution in [0.5, 0.6) is 0 Å². The Labute approximate surface area is 310 Å². The lowest BCUT2D eigenvalue weighted by Gasteiger charge is -2.28. The normalized spacial score (nSPS) is 12.9. The zero-order chi connectivity index (χ0) is 35.5. The molecule has 1 aromatic heterocycles. The van der Waals surface area contributed by atoms with Crippen molar-refractivity contribution >= 4 is 38.9 Å². The van der Waals surface area contributed by atoms with Crippen molar-refractivity contribution in [2.45, 2.75) is 19.3 Å². The summed E-state index contributed by atoms with van der Waals surface area (Å²) in [5.41, 5.74) is 17.0. The van der Waals surface area contributed by atoms with Crippen molar-refractivity contribution in [3.8, 4) is 39.1 Å². The van der Waals surface area contributed by atoms with Gasteiger partial charge < -0.3 is 9.47 Å². The average molecular weight is 679 g/mol. The smallest absolute Gasteiger partial charge is 0.0562 e. The second-order valence-corrected chi connectivity index (χ2v) is 14.6. The molecule has 0 saturated heterocycles. The highest BCUT2D eigenvalue weighted by molar-refractivity contribution is 6.16. The Balaban J connectivity index is 1.21. The van der Waals surface area contributed by atoms with Crippen molar-refractivity contribution in [1.29, 1.82) is 0 Å². The van der Waals surface area contributed by atoms with Crippen LogP contribution < -0.4 is 4.90 Å². The van der Waals surface area contributed by atoms with Crippen LogP contribution in [0.15, 0.2) is 194 Å². The highest BCUT2D eigenvalue weighted by Crippen LogP contribution is 2.51. The van der Waals surface area contributed by atoms with Crippen LogP contribution in [0.25, 0.3) is 60.9 Å². The molecule has 0 amide bonds. The Kier molecular flexibility index (Phi) is 7.19. The lowest BCUT2D eigenvalue weighted by Crippen LogP contribution is -2.16. The van der Waals surface area contributed by atoms with E-state index in [1.54, 1.807) is 0 Å². The van der Waals surface area contributed by atoms with Crippen molar-refractivity contribution < 1.29 is 0 Å². The quantitative estimate of drug-likeness (QED) is 0.170. The average Bonchev–Trinajstić information content (AvgIpc) is 3.67. The van der Waals surface area contributed by atoms with Crippen LogP contribution in [-0.2, 0) is 5.41 Å². The second kappa shape index (κ2) is 12.3. The van der Waals surface area contributed by atoms with Crippen molar-refractivity contribution in [3.63, 3.8) is 0 Å². The van der Waals surface area contributed by atoms with Gasteiger partial charge in [-0.15, -0.1) is 0 Å². The third kappa shape index (κ3) is 5.02. The van der Waals surface area contributed by atoms with Gasteiger partial charge in [0, 0.05) is 38.9 Å². The molecule has 252 valence electrons. The van der Waals surface area contributed by atoms with E-state index in [9.17, 15) is 0 Å². The van der Waals surface area contributed by atoms with Gasteiger partial charge in [0.25, 0.3) is 0 Å². The number of para-hydroxylation sites is 1. The van der Waals surface area contributed by atoms with E-state index in [1.807, 2.05) is 0 Å². The molecule has 0 spiro atoms. The molecular weight excluding hydrogens is 641 g/mol. The highest BCUT2D eigenvalue weighted by atomic mass is 15.1. The molecule has 0 N–H and O–H groups in total. The van der Waals surface area contributed by atoms with E-state index in [2.05, 4.69) is 217 Å². The topological polar surface area (TPSA) is 8.17 Å². The molecule has 0 unspecified atom stereocenters.